The molecule has 0 saturated carbocycles. The highest BCUT2D eigenvalue weighted by molar-refractivity contribution is 6.09. The van der Waals surface area contributed by atoms with Gasteiger partial charge in [0.15, 0.2) is 5.78 Å². The maximum absolute atomic E-state index is 12.5. The molecule has 0 spiro atoms. The van der Waals surface area contributed by atoms with E-state index in [-0.39, 0.29) is 23.1 Å². The van der Waals surface area contributed by atoms with Crippen LogP contribution in [0.4, 0.5) is 11.4 Å². The van der Waals surface area contributed by atoms with Gasteiger partial charge in [-0.2, -0.15) is 0 Å². The summed E-state index contributed by atoms with van der Waals surface area (Å²) in [5.41, 5.74) is 0.944. The van der Waals surface area contributed by atoms with E-state index < -0.39 is 4.92 Å². The lowest BCUT2D eigenvalue weighted by molar-refractivity contribution is -0.384. The Labute approximate surface area is 150 Å². The van der Waals surface area contributed by atoms with Gasteiger partial charge in [-0.25, -0.2) is 0 Å². The van der Waals surface area contributed by atoms with Crippen molar-refractivity contribution < 1.29 is 14.1 Å². The molecule has 1 atom stereocenters. The number of rotatable bonds is 6. The minimum absolute atomic E-state index is 0.151. The molecule has 0 saturated heterocycles. The summed E-state index contributed by atoms with van der Waals surface area (Å²) in [6.45, 7) is 3.69. The van der Waals surface area contributed by atoms with Gasteiger partial charge in [-0.1, -0.05) is 30.3 Å². The van der Waals surface area contributed by atoms with E-state index in [4.69, 9.17) is 4.42 Å². The van der Waals surface area contributed by atoms with Gasteiger partial charge in [0.25, 0.3) is 5.69 Å². The number of carbonyl (C=O) groups excluding carboxylic acids is 1. The molecule has 1 unspecified atom stereocenters. The number of hydrogen-bond donors (Lipinski definition) is 1. The van der Waals surface area contributed by atoms with Crippen molar-refractivity contribution in [3.8, 4) is 0 Å². The molecule has 1 N–H and O–H groups in total. The minimum Gasteiger partial charge on any atom is -0.464 e. The first-order valence-electron chi connectivity index (χ1n) is 8.17. The molecule has 6 heteroatoms. The molecule has 0 aliphatic rings. The zero-order valence-corrected chi connectivity index (χ0v) is 14.4. The summed E-state index contributed by atoms with van der Waals surface area (Å²) < 4.78 is 5.55. The number of ketones is 1. The molecule has 0 aliphatic heterocycles. The summed E-state index contributed by atoms with van der Waals surface area (Å²) in [5, 5.41) is 14.6. The van der Waals surface area contributed by atoms with Gasteiger partial charge in [0, 0.05) is 17.2 Å². The Morgan fingerprint density at radius 2 is 1.81 bits per heavy atom. The fourth-order valence-electron chi connectivity index (χ4n) is 2.69. The van der Waals surface area contributed by atoms with E-state index in [2.05, 4.69) is 5.32 Å². The molecule has 3 rings (SSSR count). The van der Waals surface area contributed by atoms with Crippen molar-refractivity contribution in [1.29, 1.82) is 0 Å². The normalized spacial score (nSPS) is 11.8. The van der Waals surface area contributed by atoms with Crippen LogP contribution in [0.25, 0.3) is 0 Å². The van der Waals surface area contributed by atoms with Crippen LogP contribution in [0.2, 0.25) is 0 Å². The molecule has 6 nitrogen and oxygen atoms in total. The highest BCUT2D eigenvalue weighted by atomic mass is 16.6. The summed E-state index contributed by atoms with van der Waals surface area (Å²) in [4.78, 5) is 23.5. The predicted molar refractivity (Wildman–Crippen MR) is 98.5 cm³/mol. The number of carbonyl (C=O) groups is 1. The lowest BCUT2D eigenvalue weighted by Crippen LogP contribution is -2.09. The highest BCUT2D eigenvalue weighted by Crippen LogP contribution is 2.30. The number of benzene rings is 2. The summed E-state index contributed by atoms with van der Waals surface area (Å²) >= 11 is 0. The Morgan fingerprint density at radius 3 is 2.42 bits per heavy atom. The maximum atomic E-state index is 12.5. The largest absolute Gasteiger partial charge is 0.464 e. The molecule has 3 aromatic rings. The zero-order valence-electron chi connectivity index (χ0n) is 14.4. The van der Waals surface area contributed by atoms with Crippen molar-refractivity contribution in [3.63, 3.8) is 0 Å². The van der Waals surface area contributed by atoms with Crippen molar-refractivity contribution in [2.24, 2.45) is 0 Å². The Morgan fingerprint density at radius 1 is 1.08 bits per heavy atom. The van der Waals surface area contributed by atoms with Gasteiger partial charge in [-0.3, -0.25) is 14.9 Å². The van der Waals surface area contributed by atoms with E-state index in [1.807, 2.05) is 32.0 Å². The van der Waals surface area contributed by atoms with Gasteiger partial charge in [-0.05, 0) is 38.1 Å². The van der Waals surface area contributed by atoms with Crippen LogP contribution in [0.15, 0.2) is 65.1 Å². The number of aryl methyl sites for hydroxylation is 1. The van der Waals surface area contributed by atoms with Gasteiger partial charge in [0.1, 0.15) is 17.2 Å². The zero-order chi connectivity index (χ0) is 18.7. The van der Waals surface area contributed by atoms with E-state index in [0.717, 1.165) is 5.76 Å². The minimum atomic E-state index is -0.496. The summed E-state index contributed by atoms with van der Waals surface area (Å²) in [6.07, 6.45) is 0. The van der Waals surface area contributed by atoms with Crippen molar-refractivity contribution >= 4 is 17.2 Å². The van der Waals surface area contributed by atoms with E-state index in [1.54, 1.807) is 36.4 Å². The van der Waals surface area contributed by atoms with Crippen LogP contribution >= 0.6 is 0 Å². The molecule has 1 heterocycles. The third kappa shape index (κ3) is 3.64. The number of nitrogens with one attached hydrogen (secondary N) is 1. The van der Waals surface area contributed by atoms with E-state index in [0.29, 0.717) is 17.0 Å². The standard InChI is InChI=1S/C20H18N2O4/c1-13-8-11-19(26-13)14(2)21-17-10-9-16(12-18(17)22(24)25)20(23)15-6-4-3-5-7-15/h3-12,14,21H,1-2H3. The van der Waals surface area contributed by atoms with Crippen LogP contribution in [-0.2, 0) is 0 Å². The first-order chi connectivity index (χ1) is 12.5. The summed E-state index contributed by atoms with van der Waals surface area (Å²) in [5.74, 6) is 1.20. The Kier molecular flexibility index (Phi) is 4.84. The van der Waals surface area contributed by atoms with Crippen LogP contribution in [0.1, 0.15) is 40.4 Å². The average molecular weight is 350 g/mol. The molecule has 1 aromatic heterocycles. The third-order valence-electron chi connectivity index (χ3n) is 4.05. The number of nitrogens with zero attached hydrogens (tertiary/aromatic N) is 1. The fourth-order valence-corrected chi connectivity index (χ4v) is 2.69. The van der Waals surface area contributed by atoms with Gasteiger partial charge in [0.05, 0.1) is 11.0 Å². The molecule has 0 amide bonds. The maximum Gasteiger partial charge on any atom is 0.293 e. The summed E-state index contributed by atoms with van der Waals surface area (Å²) in [6, 6.07) is 16.5. The quantitative estimate of drug-likeness (QED) is 0.388. The molecular weight excluding hydrogens is 332 g/mol. The van der Waals surface area contributed by atoms with Crippen LogP contribution in [0.3, 0.4) is 0 Å². The van der Waals surface area contributed by atoms with E-state index in [9.17, 15) is 14.9 Å². The van der Waals surface area contributed by atoms with Crippen LogP contribution in [-0.4, -0.2) is 10.7 Å². The van der Waals surface area contributed by atoms with Gasteiger partial charge >= 0.3 is 0 Å². The van der Waals surface area contributed by atoms with Crippen molar-refractivity contribution in [1.82, 2.24) is 0 Å². The van der Waals surface area contributed by atoms with Crippen LogP contribution in [0.5, 0.6) is 0 Å². The lowest BCUT2D eigenvalue weighted by Gasteiger charge is -2.13. The first kappa shape index (κ1) is 17.4. The monoisotopic (exact) mass is 350 g/mol. The number of anilines is 1. The molecular formula is C20H18N2O4. The lowest BCUT2D eigenvalue weighted by atomic mass is 10.0. The second kappa shape index (κ2) is 7.23. The average Bonchev–Trinajstić information content (AvgIpc) is 3.08. The molecule has 2 aromatic carbocycles. The molecule has 0 aliphatic carbocycles. The number of furan rings is 1. The topological polar surface area (TPSA) is 85.4 Å². The smallest absolute Gasteiger partial charge is 0.293 e. The van der Waals surface area contributed by atoms with Gasteiger partial charge in [-0.15, -0.1) is 0 Å². The number of nitro groups is 1. The number of nitro benzene ring substituents is 1. The molecule has 26 heavy (non-hydrogen) atoms. The van der Waals surface area contributed by atoms with Crippen molar-refractivity contribution in [3.05, 3.63) is 93.4 Å². The first-order valence-corrected chi connectivity index (χ1v) is 8.17. The highest BCUT2D eigenvalue weighted by Gasteiger charge is 2.20. The summed E-state index contributed by atoms with van der Waals surface area (Å²) in [7, 11) is 0. The molecule has 132 valence electrons. The van der Waals surface area contributed by atoms with E-state index >= 15 is 0 Å². The number of hydrogen-bond acceptors (Lipinski definition) is 5. The Balaban J connectivity index is 1.90. The van der Waals surface area contributed by atoms with E-state index in [1.165, 1.54) is 6.07 Å². The predicted octanol–water partition coefficient (Wildman–Crippen LogP) is 4.90. The Hall–Kier alpha value is -3.41. The van der Waals surface area contributed by atoms with Crippen LogP contribution < -0.4 is 5.32 Å². The fraction of sp³-hybridized carbons (Fsp3) is 0.150. The second-order valence-electron chi connectivity index (χ2n) is 6.00. The molecule has 0 fully saturated rings. The Bertz CT molecular complexity index is 947. The van der Waals surface area contributed by atoms with Crippen molar-refractivity contribution in [2.45, 2.75) is 19.9 Å². The van der Waals surface area contributed by atoms with Crippen LogP contribution in [0, 0.1) is 17.0 Å². The van der Waals surface area contributed by atoms with Crippen molar-refractivity contribution in [2.75, 3.05) is 5.32 Å². The van der Waals surface area contributed by atoms with Gasteiger partial charge < -0.3 is 9.73 Å². The molecule has 0 bridgehead atoms. The third-order valence-corrected chi connectivity index (χ3v) is 4.05. The second-order valence-corrected chi connectivity index (χ2v) is 6.00. The van der Waals surface area contributed by atoms with Gasteiger partial charge in [0.2, 0.25) is 0 Å². The molecule has 0 radical (unpaired) electrons. The SMILES string of the molecule is Cc1ccc(C(C)Nc2ccc(C(=O)c3ccccc3)cc2[N+](=O)[O-])o1.